The number of halogens is 3. The average molecular weight is 461 g/mol. The van der Waals surface area contributed by atoms with Crippen molar-refractivity contribution in [3.63, 3.8) is 0 Å². The molecular weight excluding hydrogens is 441 g/mol. The Morgan fingerprint density at radius 2 is 1.66 bits per heavy atom. The van der Waals surface area contributed by atoms with Gasteiger partial charge in [-0.05, 0) is 50.6 Å². The number of amides is 1. The van der Waals surface area contributed by atoms with Crippen LogP contribution in [0.4, 0.5) is 4.79 Å². The van der Waals surface area contributed by atoms with Crippen molar-refractivity contribution < 1.29 is 24.2 Å². The van der Waals surface area contributed by atoms with E-state index in [1.165, 1.54) is 24.3 Å². The molecule has 1 amide bonds. The Hall–Kier alpha value is -2.15. The molecule has 0 saturated heterocycles. The van der Waals surface area contributed by atoms with E-state index < -0.39 is 23.7 Å². The van der Waals surface area contributed by atoms with Crippen LogP contribution in [0.15, 0.2) is 36.4 Å². The Kier molecular flexibility index (Phi) is 7.63. The van der Waals surface area contributed by atoms with E-state index >= 15 is 0 Å². The number of ether oxygens (including phenoxy) is 2. The van der Waals surface area contributed by atoms with Gasteiger partial charge in [0, 0.05) is 6.42 Å². The lowest BCUT2D eigenvalue weighted by molar-refractivity contribution is -0.136. The molecule has 0 aromatic heterocycles. The number of aromatic hydroxyl groups is 1. The van der Waals surface area contributed by atoms with Crippen LogP contribution in [0.2, 0.25) is 15.1 Å². The van der Waals surface area contributed by atoms with Crippen LogP contribution in [0.3, 0.4) is 0 Å². The molecule has 2 rings (SSSR count). The monoisotopic (exact) mass is 459 g/mol. The summed E-state index contributed by atoms with van der Waals surface area (Å²) >= 11 is 17.9. The molecule has 1 atom stereocenters. The highest BCUT2D eigenvalue weighted by Gasteiger charge is 2.27. The summed E-state index contributed by atoms with van der Waals surface area (Å²) in [5.41, 5.74) is -0.0644. The number of nitrogens with one attached hydrogen (secondary N) is 1. The fourth-order valence-electron chi connectivity index (χ4n) is 2.28. The summed E-state index contributed by atoms with van der Waals surface area (Å²) in [6.07, 6.45) is -0.685. The van der Waals surface area contributed by atoms with Crippen molar-refractivity contribution in [2.24, 2.45) is 0 Å². The molecule has 2 aromatic carbocycles. The molecule has 6 nitrogen and oxygen atoms in total. The van der Waals surface area contributed by atoms with Crippen molar-refractivity contribution in [1.29, 1.82) is 0 Å². The number of rotatable bonds is 5. The van der Waals surface area contributed by atoms with E-state index in [9.17, 15) is 14.7 Å². The van der Waals surface area contributed by atoms with Gasteiger partial charge in [0.25, 0.3) is 0 Å². The Bertz CT molecular complexity index is 894. The second-order valence-corrected chi connectivity index (χ2v) is 8.33. The van der Waals surface area contributed by atoms with Gasteiger partial charge in [0.1, 0.15) is 22.4 Å². The number of benzene rings is 2. The van der Waals surface area contributed by atoms with Gasteiger partial charge in [-0.25, -0.2) is 9.59 Å². The van der Waals surface area contributed by atoms with Crippen molar-refractivity contribution in [2.75, 3.05) is 0 Å². The van der Waals surface area contributed by atoms with Crippen molar-refractivity contribution in [3.05, 3.63) is 57.0 Å². The number of phenols is 1. The molecule has 2 aromatic rings. The van der Waals surface area contributed by atoms with Crippen LogP contribution in [-0.2, 0) is 16.0 Å². The van der Waals surface area contributed by atoms with Crippen LogP contribution in [0.5, 0.6) is 11.5 Å². The summed E-state index contributed by atoms with van der Waals surface area (Å²) in [6, 6.07) is 7.95. The molecule has 0 aliphatic carbocycles. The first-order valence-electron chi connectivity index (χ1n) is 8.59. The first-order chi connectivity index (χ1) is 13.5. The van der Waals surface area contributed by atoms with Crippen LogP contribution in [0.1, 0.15) is 26.3 Å². The van der Waals surface area contributed by atoms with Gasteiger partial charge in [-0.3, -0.25) is 0 Å². The van der Waals surface area contributed by atoms with Gasteiger partial charge >= 0.3 is 12.1 Å². The molecule has 0 unspecified atom stereocenters. The van der Waals surface area contributed by atoms with Crippen LogP contribution in [0.25, 0.3) is 0 Å². The van der Waals surface area contributed by atoms with Gasteiger partial charge in [0.15, 0.2) is 5.75 Å². The van der Waals surface area contributed by atoms with Crippen molar-refractivity contribution >= 4 is 46.9 Å². The lowest BCUT2D eigenvalue weighted by Gasteiger charge is -2.23. The third-order valence-electron chi connectivity index (χ3n) is 3.56. The molecule has 0 aliphatic rings. The SMILES string of the molecule is CC(C)(C)OC(=O)N[C@@H](Cc1ccc(O)cc1)C(=O)Oc1ccc(Cl)c(Cl)c1Cl. The standard InChI is InChI=1S/C20H20Cl3NO5/c1-20(2,3)29-19(27)24-14(10-11-4-6-12(25)7-5-11)18(26)28-15-9-8-13(21)16(22)17(15)23/h4-9,14,25H,10H2,1-3H3,(H,24,27)/t14-/m0/s1. The van der Waals surface area contributed by atoms with E-state index in [2.05, 4.69) is 5.32 Å². The largest absolute Gasteiger partial charge is 0.508 e. The molecular formula is C20H20Cl3NO5. The summed E-state index contributed by atoms with van der Waals surface area (Å²) in [5, 5.41) is 12.2. The van der Waals surface area contributed by atoms with Crippen LogP contribution in [-0.4, -0.2) is 28.8 Å². The summed E-state index contributed by atoms with van der Waals surface area (Å²) in [6.45, 7) is 5.11. The summed E-state index contributed by atoms with van der Waals surface area (Å²) in [4.78, 5) is 24.9. The Labute approximate surface area is 183 Å². The third kappa shape index (κ3) is 6.99. The van der Waals surface area contributed by atoms with Gasteiger partial charge in [-0.1, -0.05) is 46.9 Å². The molecule has 9 heteroatoms. The maximum Gasteiger partial charge on any atom is 0.408 e. The topological polar surface area (TPSA) is 84.9 Å². The normalized spacial score (nSPS) is 12.2. The van der Waals surface area contributed by atoms with Gasteiger partial charge < -0.3 is 19.9 Å². The van der Waals surface area contributed by atoms with E-state index in [1.807, 2.05) is 0 Å². The molecule has 2 N–H and O–H groups in total. The molecule has 0 saturated carbocycles. The van der Waals surface area contributed by atoms with Crippen molar-refractivity contribution in [1.82, 2.24) is 5.32 Å². The zero-order chi connectivity index (χ0) is 21.8. The Morgan fingerprint density at radius 3 is 2.24 bits per heavy atom. The smallest absolute Gasteiger partial charge is 0.408 e. The fourth-order valence-corrected chi connectivity index (χ4v) is 2.84. The van der Waals surface area contributed by atoms with Gasteiger partial charge in [-0.2, -0.15) is 0 Å². The lowest BCUT2D eigenvalue weighted by atomic mass is 10.1. The fraction of sp³-hybridized carbons (Fsp3) is 0.300. The molecule has 0 radical (unpaired) electrons. The predicted molar refractivity (Wildman–Crippen MR) is 112 cm³/mol. The highest BCUT2D eigenvalue weighted by molar-refractivity contribution is 6.48. The second-order valence-electron chi connectivity index (χ2n) is 7.16. The zero-order valence-corrected chi connectivity index (χ0v) is 18.2. The van der Waals surface area contributed by atoms with Crippen LogP contribution >= 0.6 is 34.8 Å². The van der Waals surface area contributed by atoms with E-state index in [0.717, 1.165) is 0 Å². The maximum atomic E-state index is 12.8. The third-order valence-corrected chi connectivity index (χ3v) is 4.84. The Morgan fingerprint density at radius 1 is 1.03 bits per heavy atom. The van der Waals surface area contributed by atoms with E-state index in [-0.39, 0.29) is 33.0 Å². The molecule has 156 valence electrons. The number of hydrogen-bond donors (Lipinski definition) is 2. The number of carbonyl (C=O) groups excluding carboxylic acids is 2. The molecule has 0 fully saturated rings. The van der Waals surface area contributed by atoms with Gasteiger partial charge in [0.2, 0.25) is 0 Å². The molecule has 29 heavy (non-hydrogen) atoms. The molecule has 0 spiro atoms. The van der Waals surface area contributed by atoms with E-state index in [1.54, 1.807) is 32.9 Å². The van der Waals surface area contributed by atoms with Crippen LogP contribution < -0.4 is 10.1 Å². The minimum absolute atomic E-state index is 0.00719. The van der Waals surface area contributed by atoms with Crippen LogP contribution in [0, 0.1) is 0 Å². The summed E-state index contributed by atoms with van der Waals surface area (Å²) in [7, 11) is 0. The summed E-state index contributed by atoms with van der Waals surface area (Å²) in [5.74, 6) is -0.687. The maximum absolute atomic E-state index is 12.8. The first kappa shape index (κ1) is 23.1. The van der Waals surface area contributed by atoms with E-state index in [0.29, 0.717) is 5.56 Å². The van der Waals surface area contributed by atoms with Gasteiger partial charge in [-0.15, -0.1) is 0 Å². The quantitative estimate of drug-likeness (QED) is 0.355. The number of phenolic OH excluding ortho intramolecular Hbond substituents is 1. The minimum atomic E-state index is -1.08. The highest BCUT2D eigenvalue weighted by atomic mass is 35.5. The minimum Gasteiger partial charge on any atom is -0.508 e. The van der Waals surface area contributed by atoms with Crippen molar-refractivity contribution in [3.8, 4) is 11.5 Å². The zero-order valence-electron chi connectivity index (χ0n) is 16.0. The Balaban J connectivity index is 2.22. The number of esters is 1. The lowest BCUT2D eigenvalue weighted by Crippen LogP contribution is -2.46. The van der Waals surface area contributed by atoms with Crippen molar-refractivity contribution in [2.45, 2.75) is 38.8 Å². The first-order valence-corrected chi connectivity index (χ1v) is 9.72. The molecule has 0 aliphatic heterocycles. The number of carbonyl (C=O) groups is 2. The molecule has 0 heterocycles. The van der Waals surface area contributed by atoms with E-state index in [4.69, 9.17) is 44.3 Å². The van der Waals surface area contributed by atoms with Gasteiger partial charge in [0.05, 0.1) is 10.0 Å². The number of hydrogen-bond acceptors (Lipinski definition) is 5. The second kappa shape index (κ2) is 9.57. The molecule has 0 bridgehead atoms. The number of alkyl carbamates (subject to hydrolysis) is 1. The summed E-state index contributed by atoms with van der Waals surface area (Å²) < 4.78 is 10.6. The average Bonchev–Trinajstić information content (AvgIpc) is 2.62. The predicted octanol–water partition coefficient (Wildman–Crippen LogP) is 5.39. The highest BCUT2D eigenvalue weighted by Crippen LogP contribution is 2.37.